The molecule has 1 atom stereocenters. The number of nitrogens with one attached hydrogen (secondary N) is 3. The molecule has 0 aliphatic heterocycles. The normalized spacial score (nSPS) is 11.9. The van der Waals surface area contributed by atoms with E-state index in [1.54, 1.807) is 5.01 Å². The molecule has 0 aliphatic rings. The van der Waals surface area contributed by atoms with E-state index >= 15 is 0 Å². The molecule has 0 radical (unpaired) electrons. The van der Waals surface area contributed by atoms with Gasteiger partial charge in [0.1, 0.15) is 0 Å². The topological polar surface area (TPSA) is 108 Å². The minimum absolute atomic E-state index is 0.0135. The van der Waals surface area contributed by atoms with Crippen molar-refractivity contribution in [1.82, 2.24) is 10.1 Å². The van der Waals surface area contributed by atoms with Crippen molar-refractivity contribution in [2.24, 2.45) is 0 Å². The Bertz CT molecular complexity index is 1180. The first-order valence-corrected chi connectivity index (χ1v) is 11.8. The number of hydrogen-bond acceptors (Lipinski definition) is 5. The van der Waals surface area contributed by atoms with Gasteiger partial charge < -0.3 is 5.32 Å². The smallest absolute Gasteiger partial charge is 0.256 e. The lowest BCUT2D eigenvalue weighted by atomic mass is 10.2. The van der Waals surface area contributed by atoms with Crippen LogP contribution in [0.15, 0.2) is 89.8 Å². The predicted octanol–water partition coefficient (Wildman–Crippen LogP) is 3.05. The predicted molar refractivity (Wildman–Crippen MR) is 128 cm³/mol. The summed E-state index contributed by atoms with van der Waals surface area (Å²) in [5.41, 5.74) is 5.03. The standard InChI is InChI=1S/C24H26N4O4S/c1-18(27-33(31,32)23-15-13-21(14-16-23)25-19(2)29)24(30)26-28(22-11-7-4-8-12-22)17-20-9-5-3-6-10-20/h3-16,18,27H,17H2,1-2H3,(H,25,29)(H,26,30)/t18-/m0/s1. The Balaban J connectivity index is 1.71. The minimum atomic E-state index is -3.95. The summed E-state index contributed by atoms with van der Waals surface area (Å²) in [5.74, 6) is -0.763. The summed E-state index contributed by atoms with van der Waals surface area (Å²) < 4.78 is 27.9. The number of para-hydroxylation sites is 1. The van der Waals surface area contributed by atoms with Crippen LogP contribution in [0.5, 0.6) is 0 Å². The zero-order valence-corrected chi connectivity index (χ0v) is 19.2. The molecule has 0 bridgehead atoms. The minimum Gasteiger partial charge on any atom is -0.326 e. The van der Waals surface area contributed by atoms with Gasteiger partial charge >= 0.3 is 0 Å². The third-order valence-corrected chi connectivity index (χ3v) is 6.26. The molecule has 172 valence electrons. The molecule has 0 fully saturated rings. The number of amides is 2. The van der Waals surface area contributed by atoms with Crippen LogP contribution in [0.4, 0.5) is 11.4 Å². The van der Waals surface area contributed by atoms with Crippen molar-refractivity contribution in [2.75, 3.05) is 10.3 Å². The highest BCUT2D eigenvalue weighted by Crippen LogP contribution is 2.16. The average molecular weight is 467 g/mol. The number of carbonyl (C=O) groups excluding carboxylic acids is 2. The Labute approximate surface area is 193 Å². The van der Waals surface area contributed by atoms with E-state index in [-0.39, 0.29) is 10.8 Å². The first-order chi connectivity index (χ1) is 15.7. The molecule has 0 heterocycles. The second-order valence-electron chi connectivity index (χ2n) is 7.43. The van der Waals surface area contributed by atoms with E-state index in [9.17, 15) is 18.0 Å². The van der Waals surface area contributed by atoms with E-state index in [1.807, 2.05) is 60.7 Å². The molecule has 0 saturated heterocycles. The number of sulfonamides is 1. The summed E-state index contributed by atoms with van der Waals surface area (Å²) in [4.78, 5) is 24.0. The summed E-state index contributed by atoms with van der Waals surface area (Å²) in [6.45, 7) is 3.24. The van der Waals surface area contributed by atoms with E-state index in [4.69, 9.17) is 0 Å². The second-order valence-corrected chi connectivity index (χ2v) is 9.15. The van der Waals surface area contributed by atoms with Crippen molar-refractivity contribution in [3.8, 4) is 0 Å². The van der Waals surface area contributed by atoms with Crippen LogP contribution in [0.25, 0.3) is 0 Å². The molecular weight excluding hydrogens is 440 g/mol. The zero-order chi connectivity index (χ0) is 23.8. The molecule has 3 aromatic rings. The highest BCUT2D eigenvalue weighted by molar-refractivity contribution is 7.89. The second kappa shape index (κ2) is 10.8. The van der Waals surface area contributed by atoms with Crippen molar-refractivity contribution in [2.45, 2.75) is 31.3 Å². The maximum Gasteiger partial charge on any atom is 0.256 e. The monoisotopic (exact) mass is 466 g/mol. The molecule has 0 saturated carbocycles. The van der Waals surface area contributed by atoms with Gasteiger partial charge in [-0.25, -0.2) is 8.42 Å². The summed E-state index contributed by atoms with van der Waals surface area (Å²) in [7, 11) is -3.95. The molecule has 0 spiro atoms. The van der Waals surface area contributed by atoms with E-state index < -0.39 is 22.0 Å². The lowest BCUT2D eigenvalue weighted by molar-refractivity contribution is -0.122. The van der Waals surface area contributed by atoms with Crippen LogP contribution in [0, 0.1) is 0 Å². The van der Waals surface area contributed by atoms with Crippen LogP contribution < -0.4 is 20.5 Å². The lowest BCUT2D eigenvalue weighted by Gasteiger charge is -2.27. The maximum absolute atomic E-state index is 12.9. The number of anilines is 2. The Morgan fingerprint density at radius 3 is 2.03 bits per heavy atom. The van der Waals surface area contributed by atoms with E-state index in [2.05, 4.69) is 15.5 Å². The van der Waals surface area contributed by atoms with E-state index in [0.717, 1.165) is 11.3 Å². The summed E-state index contributed by atoms with van der Waals surface area (Å²) in [6.07, 6.45) is 0. The van der Waals surface area contributed by atoms with Gasteiger partial charge in [0, 0.05) is 12.6 Å². The van der Waals surface area contributed by atoms with Crippen molar-refractivity contribution in [1.29, 1.82) is 0 Å². The van der Waals surface area contributed by atoms with Crippen molar-refractivity contribution >= 4 is 33.2 Å². The van der Waals surface area contributed by atoms with Gasteiger partial charge in [-0.3, -0.25) is 20.0 Å². The van der Waals surface area contributed by atoms with Gasteiger partial charge in [0.15, 0.2) is 0 Å². The fourth-order valence-electron chi connectivity index (χ4n) is 3.07. The first-order valence-electron chi connectivity index (χ1n) is 10.3. The fourth-order valence-corrected chi connectivity index (χ4v) is 4.28. The molecule has 0 unspecified atom stereocenters. The SMILES string of the molecule is CC(=O)Nc1ccc(S(=O)(=O)N[C@@H](C)C(=O)NN(Cc2ccccc2)c2ccccc2)cc1. The fraction of sp³-hybridized carbons (Fsp3) is 0.167. The van der Waals surface area contributed by atoms with Gasteiger partial charge in [0.2, 0.25) is 15.9 Å². The van der Waals surface area contributed by atoms with Crippen LogP contribution in [-0.2, 0) is 26.2 Å². The van der Waals surface area contributed by atoms with E-state index in [0.29, 0.717) is 12.2 Å². The Morgan fingerprint density at radius 1 is 0.879 bits per heavy atom. The van der Waals surface area contributed by atoms with Gasteiger partial charge in [0.05, 0.1) is 23.2 Å². The molecule has 3 aromatic carbocycles. The quantitative estimate of drug-likeness (QED) is 0.420. The zero-order valence-electron chi connectivity index (χ0n) is 18.4. The molecule has 2 amide bonds. The highest BCUT2D eigenvalue weighted by atomic mass is 32.2. The average Bonchev–Trinajstić information content (AvgIpc) is 2.79. The van der Waals surface area contributed by atoms with Crippen LogP contribution >= 0.6 is 0 Å². The number of hydrazine groups is 1. The molecule has 3 rings (SSSR count). The van der Waals surface area contributed by atoms with Crippen LogP contribution in [0.1, 0.15) is 19.4 Å². The lowest BCUT2D eigenvalue weighted by Crippen LogP contribution is -2.51. The van der Waals surface area contributed by atoms with Gasteiger partial charge in [0.25, 0.3) is 5.91 Å². The van der Waals surface area contributed by atoms with Gasteiger partial charge in [-0.2, -0.15) is 4.72 Å². The van der Waals surface area contributed by atoms with E-state index in [1.165, 1.54) is 38.1 Å². The van der Waals surface area contributed by atoms with Gasteiger partial charge in [-0.05, 0) is 48.9 Å². The highest BCUT2D eigenvalue weighted by Gasteiger charge is 2.23. The Kier molecular flexibility index (Phi) is 7.81. The summed E-state index contributed by atoms with van der Waals surface area (Å²) >= 11 is 0. The molecular formula is C24H26N4O4S. The molecule has 0 aliphatic carbocycles. The summed E-state index contributed by atoms with van der Waals surface area (Å²) in [6, 6.07) is 23.6. The molecule has 3 N–H and O–H groups in total. The Hall–Kier alpha value is -3.69. The van der Waals surface area contributed by atoms with Crippen molar-refractivity contribution in [3.05, 3.63) is 90.5 Å². The first kappa shape index (κ1) is 24.0. The molecule has 9 heteroatoms. The summed E-state index contributed by atoms with van der Waals surface area (Å²) in [5, 5.41) is 4.25. The number of carbonyl (C=O) groups is 2. The third kappa shape index (κ3) is 6.90. The van der Waals surface area contributed by atoms with Crippen LogP contribution in [-0.4, -0.2) is 26.3 Å². The number of nitrogens with zero attached hydrogens (tertiary/aromatic N) is 1. The number of benzene rings is 3. The maximum atomic E-state index is 12.9. The van der Waals surface area contributed by atoms with Crippen molar-refractivity contribution < 1.29 is 18.0 Å². The van der Waals surface area contributed by atoms with Gasteiger partial charge in [-0.15, -0.1) is 0 Å². The number of hydrogen-bond donors (Lipinski definition) is 3. The Morgan fingerprint density at radius 2 is 1.45 bits per heavy atom. The van der Waals surface area contributed by atoms with Crippen LogP contribution in [0.3, 0.4) is 0 Å². The molecule has 33 heavy (non-hydrogen) atoms. The number of rotatable bonds is 9. The third-order valence-electron chi connectivity index (χ3n) is 4.71. The molecule has 8 nitrogen and oxygen atoms in total. The van der Waals surface area contributed by atoms with Crippen molar-refractivity contribution in [3.63, 3.8) is 0 Å². The largest absolute Gasteiger partial charge is 0.326 e. The molecule has 0 aromatic heterocycles. The van der Waals surface area contributed by atoms with Gasteiger partial charge in [-0.1, -0.05) is 48.5 Å². The van der Waals surface area contributed by atoms with Crippen LogP contribution in [0.2, 0.25) is 0 Å².